The van der Waals surface area contributed by atoms with Crippen LogP contribution in [0.2, 0.25) is 0 Å². The molecule has 34 heavy (non-hydrogen) atoms. The highest BCUT2D eigenvalue weighted by molar-refractivity contribution is 5.99. The molecule has 0 bridgehead atoms. The fourth-order valence-corrected chi connectivity index (χ4v) is 3.57. The molecule has 6 nitrogen and oxygen atoms in total. The number of ether oxygens (including phenoxy) is 1. The third-order valence-corrected chi connectivity index (χ3v) is 5.00. The second-order valence-electron chi connectivity index (χ2n) is 8.63. The molecular formula is C23H22F5N3O3. The second-order valence-corrected chi connectivity index (χ2v) is 8.63. The number of halogens is 5. The summed E-state index contributed by atoms with van der Waals surface area (Å²) < 4.78 is 72.5. The topological polar surface area (TPSA) is 73.2 Å². The van der Waals surface area contributed by atoms with Crippen LogP contribution >= 0.6 is 0 Å². The standard InChI is InChI=1S/C23H22F5N3O3/c1-21(2,3)34-20(33)30-17-5-4-6-18-16(17)12-29-31(18)22(13-32,11-19(24)25)14-7-9-15(10-8-14)23(26,27)28/h4-10,12-13,19H,11H2,1-3H3,(H,30,33). The van der Waals surface area contributed by atoms with Crippen molar-refractivity contribution in [2.75, 3.05) is 5.32 Å². The summed E-state index contributed by atoms with van der Waals surface area (Å²) in [6, 6.07) is 7.95. The maximum absolute atomic E-state index is 13.6. The number of hydrogen-bond acceptors (Lipinski definition) is 4. The Morgan fingerprint density at radius 2 is 1.71 bits per heavy atom. The Morgan fingerprint density at radius 3 is 2.24 bits per heavy atom. The summed E-state index contributed by atoms with van der Waals surface area (Å²) in [5.74, 6) is 0. The van der Waals surface area contributed by atoms with Crippen molar-refractivity contribution in [1.82, 2.24) is 9.78 Å². The van der Waals surface area contributed by atoms with Gasteiger partial charge in [-0.1, -0.05) is 18.2 Å². The van der Waals surface area contributed by atoms with E-state index >= 15 is 0 Å². The number of fused-ring (bicyclic) bond motifs is 1. The first-order valence-electron chi connectivity index (χ1n) is 10.2. The van der Waals surface area contributed by atoms with E-state index in [2.05, 4.69) is 10.4 Å². The average molecular weight is 483 g/mol. The number of hydrogen-bond donors (Lipinski definition) is 1. The summed E-state index contributed by atoms with van der Waals surface area (Å²) in [7, 11) is 0. The number of carbonyl (C=O) groups is 2. The van der Waals surface area contributed by atoms with Gasteiger partial charge >= 0.3 is 12.3 Å². The minimum atomic E-state index is -4.63. The van der Waals surface area contributed by atoms with Crippen molar-refractivity contribution >= 4 is 29.0 Å². The molecule has 0 aliphatic heterocycles. The van der Waals surface area contributed by atoms with Gasteiger partial charge in [-0.2, -0.15) is 18.3 Å². The molecule has 1 unspecified atom stereocenters. The monoisotopic (exact) mass is 483 g/mol. The molecular weight excluding hydrogens is 461 g/mol. The van der Waals surface area contributed by atoms with Gasteiger partial charge in [0.15, 0.2) is 6.29 Å². The van der Waals surface area contributed by atoms with Crippen molar-refractivity contribution in [3.05, 3.63) is 59.8 Å². The number of rotatable bonds is 6. The van der Waals surface area contributed by atoms with E-state index in [0.717, 1.165) is 28.9 Å². The molecule has 0 spiro atoms. The zero-order valence-electron chi connectivity index (χ0n) is 18.5. The number of benzene rings is 2. The Bertz CT molecular complexity index is 1180. The van der Waals surface area contributed by atoms with Crippen LogP contribution in [-0.4, -0.2) is 34.2 Å². The van der Waals surface area contributed by atoms with Crippen LogP contribution in [0.1, 0.15) is 38.3 Å². The van der Waals surface area contributed by atoms with Crippen LogP contribution in [0.15, 0.2) is 48.7 Å². The Kier molecular flexibility index (Phi) is 6.68. The van der Waals surface area contributed by atoms with Crippen LogP contribution in [0.5, 0.6) is 0 Å². The van der Waals surface area contributed by atoms with Crippen LogP contribution in [0.3, 0.4) is 0 Å². The molecule has 182 valence electrons. The van der Waals surface area contributed by atoms with Gasteiger partial charge in [0.1, 0.15) is 11.1 Å². The molecule has 1 amide bonds. The van der Waals surface area contributed by atoms with Gasteiger partial charge in [-0.15, -0.1) is 0 Å². The molecule has 2 aromatic carbocycles. The molecule has 3 aromatic rings. The quantitative estimate of drug-likeness (QED) is 0.345. The lowest BCUT2D eigenvalue weighted by Crippen LogP contribution is -2.39. The molecule has 0 aliphatic carbocycles. The normalized spacial score (nSPS) is 14.1. The highest BCUT2D eigenvalue weighted by atomic mass is 19.4. The van der Waals surface area contributed by atoms with E-state index in [1.54, 1.807) is 20.8 Å². The first-order chi connectivity index (χ1) is 15.8. The van der Waals surface area contributed by atoms with Crippen molar-refractivity contribution in [2.45, 2.75) is 50.9 Å². The lowest BCUT2D eigenvalue weighted by molar-refractivity contribution is -0.137. The number of alkyl halides is 5. The maximum Gasteiger partial charge on any atom is 0.416 e. The highest BCUT2D eigenvalue weighted by Gasteiger charge is 2.40. The van der Waals surface area contributed by atoms with E-state index in [4.69, 9.17) is 4.74 Å². The van der Waals surface area contributed by atoms with Gasteiger partial charge in [-0.05, 0) is 50.6 Å². The number of nitrogens with one attached hydrogen (secondary N) is 1. The molecule has 0 saturated carbocycles. The summed E-state index contributed by atoms with van der Waals surface area (Å²) in [4.78, 5) is 24.5. The first kappa shape index (κ1) is 25.1. The molecule has 3 rings (SSSR count). The second kappa shape index (κ2) is 9.03. The van der Waals surface area contributed by atoms with Gasteiger partial charge in [0.2, 0.25) is 6.43 Å². The number of amides is 1. The van der Waals surface area contributed by atoms with Crippen LogP contribution in [0, 0.1) is 0 Å². The number of carbonyl (C=O) groups excluding carboxylic acids is 2. The SMILES string of the molecule is CC(C)(C)OC(=O)Nc1cccc2c1cnn2C(C=O)(CC(F)F)c1ccc(C(F)(F)F)cc1. The molecule has 1 atom stereocenters. The van der Waals surface area contributed by atoms with Crippen LogP contribution in [0.25, 0.3) is 10.9 Å². The smallest absolute Gasteiger partial charge is 0.416 e. The van der Waals surface area contributed by atoms with Gasteiger partial charge in [-0.3, -0.25) is 5.32 Å². The molecule has 1 heterocycles. The number of anilines is 1. The minimum Gasteiger partial charge on any atom is -0.444 e. The average Bonchev–Trinajstić information content (AvgIpc) is 3.15. The van der Waals surface area contributed by atoms with E-state index in [9.17, 15) is 31.5 Å². The van der Waals surface area contributed by atoms with E-state index < -0.39 is 41.8 Å². The molecule has 0 fully saturated rings. The molecule has 0 radical (unpaired) electrons. The van der Waals surface area contributed by atoms with Crippen LogP contribution in [-0.2, 0) is 21.2 Å². The summed E-state index contributed by atoms with van der Waals surface area (Å²) in [5.41, 5.74) is -3.48. The van der Waals surface area contributed by atoms with Crippen molar-refractivity contribution in [3.63, 3.8) is 0 Å². The Hall–Kier alpha value is -3.50. The third kappa shape index (κ3) is 5.18. The lowest BCUT2D eigenvalue weighted by Gasteiger charge is -2.30. The Labute approximate surface area is 191 Å². The van der Waals surface area contributed by atoms with Crippen molar-refractivity contribution in [3.8, 4) is 0 Å². The zero-order valence-corrected chi connectivity index (χ0v) is 18.5. The summed E-state index contributed by atoms with van der Waals surface area (Å²) in [6.45, 7) is 5.04. The molecule has 1 aromatic heterocycles. The van der Waals surface area contributed by atoms with Gasteiger partial charge in [0, 0.05) is 11.8 Å². The minimum absolute atomic E-state index is 0.0914. The largest absolute Gasteiger partial charge is 0.444 e. The van der Waals surface area contributed by atoms with Crippen molar-refractivity contribution in [2.24, 2.45) is 0 Å². The highest BCUT2D eigenvalue weighted by Crippen LogP contribution is 2.37. The molecule has 0 aliphatic rings. The summed E-state index contributed by atoms with van der Waals surface area (Å²) in [6.07, 6.45) is -7.88. The van der Waals surface area contributed by atoms with E-state index in [1.165, 1.54) is 24.4 Å². The number of aldehydes is 1. The summed E-state index contributed by atoms with van der Waals surface area (Å²) in [5, 5.41) is 6.99. The van der Waals surface area contributed by atoms with Gasteiger partial charge in [0.05, 0.1) is 23.0 Å². The van der Waals surface area contributed by atoms with Crippen LogP contribution < -0.4 is 5.32 Å². The third-order valence-electron chi connectivity index (χ3n) is 5.00. The first-order valence-corrected chi connectivity index (χ1v) is 10.2. The molecule has 0 saturated heterocycles. The lowest BCUT2D eigenvalue weighted by atomic mass is 9.87. The van der Waals surface area contributed by atoms with Gasteiger partial charge in [-0.25, -0.2) is 18.3 Å². The zero-order chi connectivity index (χ0) is 25.3. The van der Waals surface area contributed by atoms with E-state index in [-0.39, 0.29) is 23.1 Å². The molecule has 11 heteroatoms. The van der Waals surface area contributed by atoms with Gasteiger partial charge in [0.25, 0.3) is 0 Å². The van der Waals surface area contributed by atoms with Crippen molar-refractivity contribution in [1.29, 1.82) is 0 Å². The number of nitrogens with zero attached hydrogens (tertiary/aromatic N) is 2. The predicted octanol–water partition coefficient (Wildman–Crippen LogP) is 6.00. The fraction of sp³-hybridized carbons (Fsp3) is 0.348. The summed E-state index contributed by atoms with van der Waals surface area (Å²) >= 11 is 0. The van der Waals surface area contributed by atoms with Crippen molar-refractivity contribution < 1.29 is 36.3 Å². The predicted molar refractivity (Wildman–Crippen MR) is 115 cm³/mol. The maximum atomic E-state index is 13.6. The number of aromatic nitrogens is 2. The van der Waals surface area contributed by atoms with Gasteiger partial charge < -0.3 is 9.53 Å². The fourth-order valence-electron chi connectivity index (χ4n) is 3.57. The Morgan fingerprint density at radius 1 is 1.09 bits per heavy atom. The molecule has 1 N–H and O–H groups in total. The van der Waals surface area contributed by atoms with E-state index in [0.29, 0.717) is 5.39 Å². The van der Waals surface area contributed by atoms with E-state index in [1.807, 2.05) is 0 Å². The van der Waals surface area contributed by atoms with Crippen LogP contribution in [0.4, 0.5) is 32.4 Å². The Balaban J connectivity index is 2.12.